The van der Waals surface area contributed by atoms with Gasteiger partial charge in [-0.2, -0.15) is 5.10 Å². The molecule has 0 amide bonds. The highest BCUT2D eigenvalue weighted by atomic mass is 32.1. The lowest BCUT2D eigenvalue weighted by molar-refractivity contribution is 0.469. The van der Waals surface area contributed by atoms with E-state index in [0.29, 0.717) is 37.9 Å². The second-order valence-electron chi connectivity index (χ2n) is 35.3. The number of hydrogen-bond acceptors (Lipinski definition) is 6. The maximum absolute atomic E-state index is 5.12. The Kier molecular flexibility index (Phi) is 40.4. The lowest BCUT2D eigenvalue weighted by atomic mass is 10.0. The van der Waals surface area contributed by atoms with Gasteiger partial charge in [-0.15, -0.1) is 11.3 Å². The fraction of sp³-hybridized carbons (Fsp3) is 0.385. The molecule has 7 aromatic carbocycles. The number of para-hydroxylation sites is 6. The predicted molar refractivity (Wildman–Crippen MR) is 448 cm³/mol. The summed E-state index contributed by atoms with van der Waals surface area (Å²) in [6, 6.07) is 69.0. The number of hydrogen-bond donors (Lipinski definition) is 3. The summed E-state index contributed by atoms with van der Waals surface area (Å²) in [4.78, 5) is 18.4. The van der Waals surface area contributed by atoms with Gasteiger partial charge in [0.15, 0.2) is 0 Å². The van der Waals surface area contributed by atoms with E-state index in [0.717, 1.165) is 38.4 Å². The first-order valence-electron chi connectivity index (χ1n) is 35.0. The molecule has 0 spiro atoms. The molecule has 7 aromatic heterocycles. The van der Waals surface area contributed by atoms with Crippen molar-refractivity contribution in [1.82, 2.24) is 35.1 Å². The molecule has 3 N–H and O–H groups in total. The molecule has 0 bridgehead atoms. The van der Waals surface area contributed by atoms with E-state index in [1.165, 1.54) is 37.1 Å². The van der Waals surface area contributed by atoms with Crippen LogP contribution in [0.5, 0.6) is 0 Å². The summed E-state index contributed by atoms with van der Waals surface area (Å²) in [5.74, 6) is 0. The molecule has 14 aromatic rings. The molecule has 0 aliphatic carbocycles. The number of benzene rings is 7. The van der Waals surface area contributed by atoms with Gasteiger partial charge in [0.25, 0.3) is 0 Å². The number of furan rings is 1. The van der Waals surface area contributed by atoms with Crippen LogP contribution < -0.4 is 0 Å². The summed E-state index contributed by atoms with van der Waals surface area (Å²) >= 11 is 1.79. The second-order valence-corrected chi connectivity index (χ2v) is 36.2. The molecule has 0 aliphatic rings. The molecule has 14 rings (SSSR count). The lowest BCUT2D eigenvalue weighted by Gasteiger charge is -2.05. The highest BCUT2D eigenvalue weighted by molar-refractivity contribution is 7.17. The molecule has 540 valence electrons. The molecule has 8 nitrogen and oxygen atoms in total. The van der Waals surface area contributed by atoms with Crippen LogP contribution in [-0.2, 0) is 0 Å². The highest BCUT2D eigenvalue weighted by Gasteiger charge is 2.00. The van der Waals surface area contributed by atoms with E-state index in [9.17, 15) is 0 Å². The van der Waals surface area contributed by atoms with Gasteiger partial charge in [0.05, 0.1) is 40.9 Å². The van der Waals surface area contributed by atoms with Gasteiger partial charge in [-0.3, -0.25) is 15.1 Å². The molecule has 9 heteroatoms. The molecule has 0 fully saturated rings. The molecular formula is C91H129N7OS. The summed E-state index contributed by atoms with van der Waals surface area (Å²) in [5.41, 5.74) is 9.94. The largest absolute Gasteiger partial charge is 0.464 e. The van der Waals surface area contributed by atoms with Crippen LogP contribution in [0, 0.1) is 37.9 Å². The smallest absolute Gasteiger partial charge is 0.133 e. The minimum atomic E-state index is 0.500. The van der Waals surface area contributed by atoms with Crippen LogP contribution >= 0.6 is 11.3 Å². The van der Waals surface area contributed by atoms with Gasteiger partial charge in [-0.25, -0.2) is 4.98 Å². The Morgan fingerprint density at radius 3 is 1.21 bits per heavy atom. The molecular weight excluding hydrogens is 1240 g/mol. The number of aromatic nitrogens is 7. The van der Waals surface area contributed by atoms with Crippen molar-refractivity contribution in [3.8, 4) is 0 Å². The molecule has 0 saturated carbocycles. The first kappa shape index (κ1) is 89.4. The van der Waals surface area contributed by atoms with Crippen molar-refractivity contribution in [1.29, 1.82) is 0 Å². The quantitative estimate of drug-likeness (QED) is 0.140. The highest BCUT2D eigenvalue weighted by Crippen LogP contribution is 2.20. The lowest BCUT2D eigenvalue weighted by Crippen LogP contribution is -1.93. The van der Waals surface area contributed by atoms with Crippen molar-refractivity contribution in [2.24, 2.45) is 37.9 Å². The average Bonchev–Trinajstić information content (AvgIpc) is 1.18. The maximum atomic E-state index is 5.12. The van der Waals surface area contributed by atoms with E-state index < -0.39 is 0 Å². The number of nitrogens with one attached hydrogen (secondary N) is 3. The van der Waals surface area contributed by atoms with E-state index in [-0.39, 0.29) is 0 Å². The second kappa shape index (κ2) is 45.2. The standard InChI is InChI=1S/2C9H7N.C8H7N.C8H6O.C8H6S.2C7H6N2.7C5H12/c1-2-6-9-8(4-1)5-3-7-10-9;1-2-4-9-7-10-6-5-8(9)3-1;3*1-2-4-8-7(3-1)5-6-9-8;1-2-4-7-6(3-1)8-5-9-7;1-2-4-7-6(3-1)5-8-9-7;7*1-5(2,3)4/h2*1-7H;1-6,9H;2*1-6H;2*1-5H,(H,8,9);7*1-4H3. The summed E-state index contributed by atoms with van der Waals surface area (Å²) in [6.07, 6.45) is 12.6. The normalized spacial score (nSPS) is 10.8. The number of fused-ring (bicyclic) bond motifs is 7. The number of thiophene rings is 1. The Morgan fingerprint density at radius 1 is 0.300 bits per heavy atom. The summed E-state index contributed by atoms with van der Waals surface area (Å²) in [7, 11) is 0. The van der Waals surface area contributed by atoms with Crippen molar-refractivity contribution in [3.63, 3.8) is 0 Å². The van der Waals surface area contributed by atoms with Crippen molar-refractivity contribution in [3.05, 3.63) is 255 Å². The van der Waals surface area contributed by atoms with Crippen molar-refractivity contribution >= 4 is 86.9 Å². The van der Waals surface area contributed by atoms with Gasteiger partial charge in [0.1, 0.15) is 5.58 Å². The fourth-order valence-electron chi connectivity index (χ4n) is 6.61. The van der Waals surface area contributed by atoms with Gasteiger partial charge >= 0.3 is 0 Å². The third kappa shape index (κ3) is 55.2. The van der Waals surface area contributed by atoms with Gasteiger partial charge in [0.2, 0.25) is 0 Å². The maximum Gasteiger partial charge on any atom is 0.133 e. The first-order chi connectivity index (χ1) is 46.3. The third-order valence-electron chi connectivity index (χ3n) is 9.92. The first-order valence-corrected chi connectivity index (χ1v) is 35.9. The van der Waals surface area contributed by atoms with E-state index in [4.69, 9.17) is 4.42 Å². The van der Waals surface area contributed by atoms with Crippen LogP contribution in [0.25, 0.3) is 75.6 Å². The minimum Gasteiger partial charge on any atom is -0.464 e. The van der Waals surface area contributed by atoms with Crippen LogP contribution in [0.2, 0.25) is 0 Å². The monoisotopic (exact) mass is 1370 g/mol. The van der Waals surface area contributed by atoms with E-state index in [1.807, 2.05) is 164 Å². The van der Waals surface area contributed by atoms with Crippen molar-refractivity contribution in [2.45, 2.75) is 194 Å². The fourth-order valence-corrected chi connectivity index (χ4v) is 7.40. The Hall–Kier alpha value is -8.66. The van der Waals surface area contributed by atoms with Gasteiger partial charge in [-0.1, -0.05) is 327 Å². The molecule has 0 radical (unpaired) electrons. The Balaban J connectivity index is 0.000000544. The minimum absolute atomic E-state index is 0.500. The topological polar surface area (TPSA) is 112 Å². The van der Waals surface area contributed by atoms with Gasteiger partial charge in [0, 0.05) is 51.2 Å². The van der Waals surface area contributed by atoms with E-state index >= 15 is 0 Å². The van der Waals surface area contributed by atoms with Crippen LogP contribution in [0.4, 0.5) is 0 Å². The van der Waals surface area contributed by atoms with Crippen LogP contribution in [0.3, 0.4) is 0 Å². The Labute approximate surface area is 609 Å². The average molecular weight is 1370 g/mol. The van der Waals surface area contributed by atoms with E-state index in [2.05, 4.69) is 307 Å². The number of aromatic amines is 3. The van der Waals surface area contributed by atoms with Crippen LogP contribution in [0.1, 0.15) is 194 Å². The zero-order valence-corrected chi connectivity index (χ0v) is 67.7. The predicted octanol–water partition coefficient (Wildman–Crippen LogP) is 29.5. The summed E-state index contributed by atoms with van der Waals surface area (Å²) < 4.78 is 6.49. The number of pyridine rings is 2. The Morgan fingerprint density at radius 2 is 0.720 bits per heavy atom. The van der Waals surface area contributed by atoms with Crippen molar-refractivity contribution in [2.75, 3.05) is 0 Å². The summed E-state index contributed by atoms with van der Waals surface area (Å²) in [6.45, 7) is 61.2. The summed E-state index contributed by atoms with van der Waals surface area (Å²) in [5, 5.41) is 17.5. The zero-order valence-electron chi connectivity index (χ0n) is 66.9. The molecule has 0 atom stereocenters. The zero-order chi connectivity index (χ0) is 75.6. The van der Waals surface area contributed by atoms with E-state index in [1.54, 1.807) is 23.9 Å². The molecule has 0 unspecified atom stereocenters. The number of imidazole rings is 1. The number of nitrogens with zero attached hydrogens (tertiary/aromatic N) is 4. The van der Waals surface area contributed by atoms with Crippen molar-refractivity contribution < 1.29 is 4.42 Å². The van der Waals surface area contributed by atoms with Crippen LogP contribution in [-0.4, -0.2) is 35.1 Å². The Bertz CT molecular complexity index is 3400. The SMILES string of the molecule is CC(C)(C)C.CC(C)(C)C.CC(C)(C)C.CC(C)(C)C.CC(C)(C)C.CC(C)(C)C.CC(C)(C)C.c1ccc2[nH]ccc2c1.c1ccc2[nH]cnc2c1.c1ccc2[nH]ncc2c1.c1ccc2cnccc2c1.c1ccc2ncccc2c1.c1ccc2occc2c1.c1ccc2sccc2c1. The molecule has 7 heterocycles. The van der Waals surface area contributed by atoms with Gasteiger partial charge in [-0.05, 0) is 138 Å². The third-order valence-corrected chi connectivity index (χ3v) is 10.8. The number of H-pyrrole nitrogens is 3. The molecule has 0 aliphatic heterocycles. The number of rotatable bonds is 0. The molecule has 0 saturated heterocycles. The van der Waals surface area contributed by atoms with Crippen LogP contribution in [0.15, 0.2) is 260 Å². The molecule has 100 heavy (non-hydrogen) atoms. The van der Waals surface area contributed by atoms with Gasteiger partial charge < -0.3 is 14.4 Å².